The van der Waals surface area contributed by atoms with Gasteiger partial charge < -0.3 is 0 Å². The van der Waals surface area contributed by atoms with Crippen LogP contribution in [0.4, 0.5) is 0 Å². The van der Waals surface area contributed by atoms with E-state index in [1.807, 2.05) is 38.1 Å². The van der Waals surface area contributed by atoms with Crippen molar-refractivity contribution in [1.29, 1.82) is 0 Å². The summed E-state index contributed by atoms with van der Waals surface area (Å²) in [5, 5.41) is 5.18. The van der Waals surface area contributed by atoms with Crippen molar-refractivity contribution in [3.8, 4) is 0 Å². The Morgan fingerprint density at radius 2 is 1.92 bits per heavy atom. The molecule has 0 unspecified atom stereocenters. The quantitative estimate of drug-likeness (QED) is 0.667. The van der Waals surface area contributed by atoms with Gasteiger partial charge >= 0.3 is 0 Å². The van der Waals surface area contributed by atoms with E-state index in [1.165, 1.54) is 27.1 Å². The molecule has 4 nitrogen and oxygen atoms in total. The summed E-state index contributed by atoms with van der Waals surface area (Å²) in [5.74, 6) is 0.634. The number of hydrogen-bond donors (Lipinski definition) is 0. The lowest BCUT2D eigenvalue weighted by Gasteiger charge is -2.10. The second-order valence-corrected chi connectivity index (χ2v) is 7.41. The largest absolute Gasteiger partial charge is 0.283 e. The van der Waals surface area contributed by atoms with Gasteiger partial charge in [0, 0.05) is 4.88 Å². The van der Waals surface area contributed by atoms with Gasteiger partial charge in [0.05, 0.1) is 11.6 Å². The smallest absolute Gasteiger partial charge is 0.267 e. The maximum Gasteiger partial charge on any atom is 0.283 e. The zero-order valence-corrected chi connectivity index (χ0v) is 14.7. The van der Waals surface area contributed by atoms with Crippen LogP contribution in [0.1, 0.15) is 40.2 Å². The van der Waals surface area contributed by atoms with Gasteiger partial charge in [-0.2, -0.15) is 9.78 Å². The fourth-order valence-corrected chi connectivity index (χ4v) is 4.51. The molecule has 0 aliphatic heterocycles. The second-order valence-electron chi connectivity index (χ2n) is 6.32. The van der Waals surface area contributed by atoms with E-state index in [1.54, 1.807) is 17.6 Å². The lowest BCUT2D eigenvalue weighted by Crippen LogP contribution is -2.21. The van der Waals surface area contributed by atoms with Gasteiger partial charge in [-0.15, -0.1) is 11.3 Å². The Balaban J connectivity index is 1.83. The molecular formula is C19H19N3OS. The zero-order chi connectivity index (χ0) is 16.7. The molecule has 0 fully saturated rings. The van der Waals surface area contributed by atoms with E-state index in [0.717, 1.165) is 35.0 Å². The van der Waals surface area contributed by atoms with E-state index in [-0.39, 0.29) is 5.56 Å². The van der Waals surface area contributed by atoms with E-state index >= 15 is 0 Å². The lowest BCUT2D eigenvalue weighted by molar-refractivity contribution is 0.698. The predicted molar refractivity (Wildman–Crippen MR) is 99.4 cm³/mol. The first-order valence-corrected chi connectivity index (χ1v) is 9.10. The highest BCUT2D eigenvalue weighted by atomic mass is 32.1. The molecule has 3 aromatic rings. The minimum absolute atomic E-state index is 0.0414. The van der Waals surface area contributed by atoms with Crippen molar-refractivity contribution in [1.82, 2.24) is 9.66 Å². The summed E-state index contributed by atoms with van der Waals surface area (Å²) in [7, 11) is 0. The molecule has 0 saturated carbocycles. The Bertz CT molecular complexity index is 996. The van der Waals surface area contributed by atoms with E-state index in [9.17, 15) is 4.79 Å². The SMILES string of the molecule is Cc1ccc(/C=N\n2c(C)nc3sc4c(c3c2=O)CCCC4)cc1. The number of fused-ring (bicyclic) bond motifs is 3. The van der Waals surface area contributed by atoms with Crippen molar-refractivity contribution in [2.75, 3.05) is 0 Å². The first kappa shape index (κ1) is 15.3. The second kappa shape index (κ2) is 5.98. The molecule has 0 N–H and O–H groups in total. The average molecular weight is 337 g/mol. The van der Waals surface area contributed by atoms with Crippen LogP contribution >= 0.6 is 11.3 Å². The minimum Gasteiger partial charge on any atom is -0.267 e. The summed E-state index contributed by atoms with van der Waals surface area (Å²) in [6, 6.07) is 8.07. The summed E-state index contributed by atoms with van der Waals surface area (Å²) in [6.07, 6.45) is 6.13. The van der Waals surface area contributed by atoms with Crippen LogP contribution in [0.25, 0.3) is 10.2 Å². The maximum absolute atomic E-state index is 13.0. The third-order valence-electron chi connectivity index (χ3n) is 4.53. The molecular weight excluding hydrogens is 318 g/mol. The van der Waals surface area contributed by atoms with Gasteiger partial charge in [-0.3, -0.25) is 4.79 Å². The molecule has 2 aromatic heterocycles. The fraction of sp³-hybridized carbons (Fsp3) is 0.316. The summed E-state index contributed by atoms with van der Waals surface area (Å²) < 4.78 is 1.43. The molecule has 0 amide bonds. The average Bonchev–Trinajstić information content (AvgIpc) is 2.94. The molecule has 0 bridgehead atoms. The molecule has 1 aromatic carbocycles. The van der Waals surface area contributed by atoms with Gasteiger partial charge in [0.25, 0.3) is 5.56 Å². The van der Waals surface area contributed by atoms with Crippen molar-refractivity contribution in [3.63, 3.8) is 0 Å². The molecule has 2 heterocycles. The van der Waals surface area contributed by atoms with Crippen LogP contribution in [0.15, 0.2) is 34.2 Å². The standard InChI is InChI=1S/C19H19N3OS/c1-12-7-9-14(10-8-12)11-20-22-13(2)21-18-17(19(22)23)15-5-3-4-6-16(15)24-18/h7-11H,3-6H2,1-2H3/b20-11-. The van der Waals surface area contributed by atoms with Crippen molar-refractivity contribution in [2.24, 2.45) is 5.10 Å². The van der Waals surface area contributed by atoms with Crippen molar-refractivity contribution >= 4 is 27.8 Å². The highest BCUT2D eigenvalue weighted by Crippen LogP contribution is 2.33. The van der Waals surface area contributed by atoms with Crippen LogP contribution in [0.5, 0.6) is 0 Å². The van der Waals surface area contributed by atoms with Gasteiger partial charge in [-0.25, -0.2) is 4.98 Å². The topological polar surface area (TPSA) is 47.2 Å². The van der Waals surface area contributed by atoms with Crippen LogP contribution in [0, 0.1) is 13.8 Å². The van der Waals surface area contributed by atoms with Crippen molar-refractivity contribution in [3.05, 3.63) is 62.0 Å². The monoisotopic (exact) mass is 337 g/mol. The minimum atomic E-state index is -0.0414. The molecule has 1 aliphatic carbocycles. The number of aryl methyl sites for hydroxylation is 4. The number of rotatable bonds is 2. The summed E-state index contributed by atoms with van der Waals surface area (Å²) >= 11 is 1.68. The molecule has 0 spiro atoms. The van der Waals surface area contributed by atoms with Crippen LogP contribution in [-0.4, -0.2) is 15.9 Å². The predicted octanol–water partition coefficient (Wildman–Crippen LogP) is 3.84. The number of aromatic nitrogens is 2. The van der Waals surface area contributed by atoms with Gasteiger partial charge in [-0.05, 0) is 50.7 Å². The fourth-order valence-electron chi connectivity index (χ4n) is 3.21. The normalized spacial score (nSPS) is 14.4. The highest BCUT2D eigenvalue weighted by molar-refractivity contribution is 7.18. The Hall–Kier alpha value is -2.27. The van der Waals surface area contributed by atoms with E-state index in [2.05, 4.69) is 10.1 Å². The van der Waals surface area contributed by atoms with E-state index < -0.39 is 0 Å². The highest BCUT2D eigenvalue weighted by Gasteiger charge is 2.20. The first-order chi connectivity index (χ1) is 11.6. The number of nitrogens with zero attached hydrogens (tertiary/aromatic N) is 3. The molecule has 24 heavy (non-hydrogen) atoms. The lowest BCUT2D eigenvalue weighted by atomic mass is 9.97. The molecule has 122 valence electrons. The Morgan fingerprint density at radius 1 is 1.17 bits per heavy atom. The number of benzene rings is 1. The van der Waals surface area contributed by atoms with Crippen molar-refractivity contribution in [2.45, 2.75) is 39.5 Å². The summed E-state index contributed by atoms with van der Waals surface area (Å²) in [4.78, 5) is 19.8. The molecule has 0 atom stereocenters. The Kier molecular flexibility index (Phi) is 3.81. The summed E-state index contributed by atoms with van der Waals surface area (Å²) in [6.45, 7) is 3.89. The molecule has 4 rings (SSSR count). The Labute approximate surface area is 144 Å². The molecule has 5 heteroatoms. The van der Waals surface area contributed by atoms with Gasteiger partial charge in [0.1, 0.15) is 10.7 Å². The Morgan fingerprint density at radius 3 is 2.71 bits per heavy atom. The number of thiophene rings is 1. The van der Waals surface area contributed by atoms with Gasteiger partial charge in [0.15, 0.2) is 0 Å². The molecule has 1 aliphatic rings. The van der Waals surface area contributed by atoms with E-state index in [4.69, 9.17) is 0 Å². The third kappa shape index (κ3) is 2.59. The first-order valence-electron chi connectivity index (χ1n) is 8.28. The number of hydrogen-bond acceptors (Lipinski definition) is 4. The van der Waals surface area contributed by atoms with Crippen LogP contribution in [0.3, 0.4) is 0 Å². The third-order valence-corrected chi connectivity index (χ3v) is 5.71. The maximum atomic E-state index is 13.0. The van der Waals surface area contributed by atoms with Crippen LogP contribution in [0.2, 0.25) is 0 Å². The van der Waals surface area contributed by atoms with E-state index in [0.29, 0.717) is 5.82 Å². The van der Waals surface area contributed by atoms with Crippen LogP contribution < -0.4 is 5.56 Å². The molecule has 0 saturated heterocycles. The van der Waals surface area contributed by atoms with Gasteiger partial charge in [0.2, 0.25) is 0 Å². The van der Waals surface area contributed by atoms with Crippen molar-refractivity contribution < 1.29 is 0 Å². The zero-order valence-electron chi connectivity index (χ0n) is 13.9. The molecule has 0 radical (unpaired) electrons. The van der Waals surface area contributed by atoms with Crippen LogP contribution in [-0.2, 0) is 12.8 Å². The van der Waals surface area contributed by atoms with Gasteiger partial charge in [-0.1, -0.05) is 29.8 Å². The summed E-state index contributed by atoms with van der Waals surface area (Å²) in [5.41, 5.74) is 3.34.